The second kappa shape index (κ2) is 11.3. The summed E-state index contributed by atoms with van der Waals surface area (Å²) in [5.41, 5.74) is 1.34. The van der Waals surface area contributed by atoms with E-state index in [1.54, 1.807) is 50.6 Å². The lowest BCUT2D eigenvalue weighted by Crippen LogP contribution is -2.44. The number of hydrogen-bond donors (Lipinski definition) is 0. The molecule has 3 rings (SSSR count). The second-order valence-corrected chi connectivity index (χ2v) is 7.44. The van der Waals surface area contributed by atoms with E-state index in [4.69, 9.17) is 23.7 Å². The van der Waals surface area contributed by atoms with E-state index in [0.717, 1.165) is 0 Å². The van der Waals surface area contributed by atoms with Crippen LogP contribution in [0.1, 0.15) is 17.5 Å². The molecule has 0 spiro atoms. The minimum absolute atomic E-state index is 0.0424. The molecule has 1 saturated heterocycles. The molecule has 9 heteroatoms. The van der Waals surface area contributed by atoms with Crippen LogP contribution in [0.2, 0.25) is 0 Å². The zero-order chi connectivity index (χ0) is 24.7. The number of rotatable bonds is 9. The number of carbonyl (C=O) groups excluding carboxylic acids is 2. The van der Waals surface area contributed by atoms with Crippen molar-refractivity contribution < 1.29 is 33.3 Å². The molecule has 182 valence electrons. The Bertz CT molecular complexity index is 1070. The Morgan fingerprint density at radius 1 is 0.824 bits per heavy atom. The molecule has 0 unspecified atom stereocenters. The smallest absolute Gasteiger partial charge is 0.265 e. The van der Waals surface area contributed by atoms with E-state index in [2.05, 4.69) is 0 Å². The first-order chi connectivity index (χ1) is 16.5. The van der Waals surface area contributed by atoms with E-state index in [9.17, 15) is 9.59 Å². The fourth-order valence-corrected chi connectivity index (χ4v) is 3.87. The van der Waals surface area contributed by atoms with E-state index in [-0.39, 0.29) is 18.2 Å². The number of methoxy groups -OCH3 is 5. The summed E-state index contributed by atoms with van der Waals surface area (Å²) in [5.74, 6) is 2.09. The topological polar surface area (TPSA) is 86.8 Å². The summed E-state index contributed by atoms with van der Waals surface area (Å²) in [5, 5.41) is 2.93. The lowest BCUT2D eigenvalue weighted by Gasteiger charge is -2.27. The fourth-order valence-electron chi connectivity index (χ4n) is 3.87. The van der Waals surface area contributed by atoms with Crippen LogP contribution in [-0.4, -0.2) is 70.5 Å². The van der Waals surface area contributed by atoms with Crippen molar-refractivity contribution in [2.45, 2.75) is 12.8 Å². The molecule has 2 amide bonds. The van der Waals surface area contributed by atoms with Crippen molar-refractivity contribution >= 4 is 17.9 Å². The summed E-state index contributed by atoms with van der Waals surface area (Å²) in [6.45, 7) is 0.906. The average Bonchev–Trinajstić information content (AvgIpc) is 3.37. The maximum Gasteiger partial charge on any atom is 0.265 e. The van der Waals surface area contributed by atoms with Crippen molar-refractivity contribution in [2.75, 3.05) is 48.6 Å². The predicted molar refractivity (Wildman–Crippen MR) is 126 cm³/mol. The van der Waals surface area contributed by atoms with Gasteiger partial charge in [-0.2, -0.15) is 0 Å². The third-order valence-electron chi connectivity index (χ3n) is 5.54. The van der Waals surface area contributed by atoms with Gasteiger partial charge in [-0.25, -0.2) is 5.01 Å². The Kier molecular flexibility index (Phi) is 8.24. The molecule has 0 radical (unpaired) electrons. The highest BCUT2D eigenvalue weighted by atomic mass is 16.5. The molecule has 1 fully saturated rings. The summed E-state index contributed by atoms with van der Waals surface area (Å²) in [6.07, 6.45) is 3.82. The summed E-state index contributed by atoms with van der Waals surface area (Å²) >= 11 is 0. The highest BCUT2D eigenvalue weighted by Crippen LogP contribution is 2.40. The first-order valence-corrected chi connectivity index (χ1v) is 10.8. The Morgan fingerprint density at radius 3 is 2.15 bits per heavy atom. The molecule has 0 atom stereocenters. The lowest BCUT2D eigenvalue weighted by molar-refractivity contribution is -0.154. The van der Waals surface area contributed by atoms with Crippen LogP contribution in [0.4, 0.5) is 0 Å². The van der Waals surface area contributed by atoms with Crippen molar-refractivity contribution in [3.63, 3.8) is 0 Å². The van der Waals surface area contributed by atoms with Gasteiger partial charge in [-0.05, 0) is 36.8 Å². The number of hydrogen-bond acceptors (Lipinski definition) is 7. The summed E-state index contributed by atoms with van der Waals surface area (Å²) < 4.78 is 26.8. The maximum atomic E-state index is 13.2. The zero-order valence-electron chi connectivity index (χ0n) is 20.1. The van der Waals surface area contributed by atoms with Crippen molar-refractivity contribution in [1.82, 2.24) is 10.0 Å². The number of nitrogens with zero attached hydrogens (tertiary/aromatic N) is 2. The predicted octanol–water partition coefficient (Wildman–Crippen LogP) is 2.96. The van der Waals surface area contributed by atoms with Crippen LogP contribution in [0, 0.1) is 0 Å². The van der Waals surface area contributed by atoms with Crippen LogP contribution in [0.5, 0.6) is 28.7 Å². The van der Waals surface area contributed by atoms with Gasteiger partial charge in [0, 0.05) is 30.3 Å². The zero-order valence-corrected chi connectivity index (χ0v) is 20.1. The van der Waals surface area contributed by atoms with Crippen LogP contribution in [0.3, 0.4) is 0 Å². The van der Waals surface area contributed by atoms with E-state index in [1.165, 1.54) is 37.4 Å². The van der Waals surface area contributed by atoms with Gasteiger partial charge >= 0.3 is 0 Å². The van der Waals surface area contributed by atoms with Crippen molar-refractivity contribution in [2.24, 2.45) is 0 Å². The fraction of sp³-hybridized carbons (Fsp3) is 0.360. The van der Waals surface area contributed by atoms with Crippen LogP contribution in [0.25, 0.3) is 6.08 Å². The normalized spacial score (nSPS) is 13.2. The number of benzene rings is 2. The van der Waals surface area contributed by atoms with Crippen LogP contribution in [0.15, 0.2) is 36.4 Å². The molecule has 34 heavy (non-hydrogen) atoms. The third kappa shape index (κ3) is 5.19. The van der Waals surface area contributed by atoms with E-state index in [0.29, 0.717) is 59.4 Å². The highest BCUT2D eigenvalue weighted by Gasteiger charge is 2.30. The Balaban J connectivity index is 1.77. The van der Waals surface area contributed by atoms with Crippen molar-refractivity contribution in [3.05, 3.63) is 47.5 Å². The molecular formula is C25H30N2O7. The van der Waals surface area contributed by atoms with Crippen LogP contribution < -0.4 is 23.7 Å². The van der Waals surface area contributed by atoms with E-state index < -0.39 is 0 Å². The molecule has 1 heterocycles. The van der Waals surface area contributed by atoms with Gasteiger partial charge in [0.05, 0.1) is 42.0 Å². The Morgan fingerprint density at radius 2 is 1.50 bits per heavy atom. The Hall–Kier alpha value is -3.88. The largest absolute Gasteiger partial charge is 0.497 e. The van der Waals surface area contributed by atoms with Gasteiger partial charge in [0.1, 0.15) is 11.5 Å². The molecule has 0 aromatic heterocycles. The van der Waals surface area contributed by atoms with Gasteiger partial charge in [0.25, 0.3) is 5.91 Å². The van der Waals surface area contributed by atoms with Gasteiger partial charge in [0.2, 0.25) is 11.7 Å². The number of ether oxygens (including phenoxy) is 5. The molecule has 2 aromatic rings. The average molecular weight is 471 g/mol. The van der Waals surface area contributed by atoms with Gasteiger partial charge in [0.15, 0.2) is 11.5 Å². The monoisotopic (exact) mass is 470 g/mol. The van der Waals surface area contributed by atoms with E-state index in [1.807, 2.05) is 0 Å². The van der Waals surface area contributed by atoms with Crippen LogP contribution in [-0.2, 0) is 16.0 Å². The summed E-state index contributed by atoms with van der Waals surface area (Å²) in [7, 11) is 7.68. The molecule has 0 aliphatic carbocycles. The third-order valence-corrected chi connectivity index (χ3v) is 5.54. The molecule has 0 N–H and O–H groups in total. The first kappa shape index (κ1) is 24.8. The second-order valence-electron chi connectivity index (χ2n) is 7.44. The maximum absolute atomic E-state index is 13.2. The number of amides is 2. The molecule has 1 aliphatic heterocycles. The minimum atomic E-state index is -0.296. The van der Waals surface area contributed by atoms with Gasteiger partial charge in [-0.3, -0.25) is 14.6 Å². The first-order valence-electron chi connectivity index (χ1n) is 10.8. The highest BCUT2D eigenvalue weighted by molar-refractivity contribution is 5.94. The summed E-state index contributed by atoms with van der Waals surface area (Å²) in [6, 6.07) is 8.81. The van der Waals surface area contributed by atoms with Gasteiger partial charge < -0.3 is 23.7 Å². The molecular weight excluding hydrogens is 440 g/mol. The molecule has 0 saturated carbocycles. The molecule has 0 bridgehead atoms. The van der Waals surface area contributed by atoms with Crippen LogP contribution >= 0.6 is 0 Å². The molecule has 2 aromatic carbocycles. The number of carbonyl (C=O) groups is 2. The SMILES string of the molecule is COc1ccc(OC)c(C=CC(=O)N2CCCN2C(=O)Cc2ccc(OC)c(OC)c2OC)c1. The van der Waals surface area contributed by atoms with Crippen molar-refractivity contribution in [3.8, 4) is 28.7 Å². The molecule has 1 aliphatic rings. The van der Waals surface area contributed by atoms with Gasteiger partial charge in [-0.15, -0.1) is 0 Å². The summed E-state index contributed by atoms with van der Waals surface area (Å²) in [4.78, 5) is 26.1. The van der Waals surface area contributed by atoms with E-state index >= 15 is 0 Å². The lowest BCUT2D eigenvalue weighted by atomic mass is 10.1. The van der Waals surface area contributed by atoms with Crippen molar-refractivity contribution in [1.29, 1.82) is 0 Å². The van der Waals surface area contributed by atoms with Gasteiger partial charge in [-0.1, -0.05) is 6.07 Å². The molecule has 9 nitrogen and oxygen atoms in total. The Labute approximate surface area is 199 Å². The minimum Gasteiger partial charge on any atom is -0.497 e. The number of hydrazine groups is 1. The standard InChI is InChI=1S/C25H30N2O7/c1-30-19-9-11-20(31-2)17(15-19)8-12-22(28)26-13-6-14-27(26)23(29)16-18-7-10-21(32-3)25(34-5)24(18)33-4/h7-12,15H,6,13-14,16H2,1-5H3. The quantitative estimate of drug-likeness (QED) is 0.521.